The number of rotatable bonds is 1. The summed E-state index contributed by atoms with van der Waals surface area (Å²) in [5.74, 6) is 0.587. The fourth-order valence-electron chi connectivity index (χ4n) is 2.65. The van der Waals surface area contributed by atoms with Crippen molar-refractivity contribution in [1.29, 1.82) is 0 Å². The van der Waals surface area contributed by atoms with Gasteiger partial charge < -0.3 is 10.8 Å². The lowest BCUT2D eigenvalue weighted by atomic mass is 9.83. The van der Waals surface area contributed by atoms with E-state index in [0.29, 0.717) is 12.5 Å². The summed E-state index contributed by atoms with van der Waals surface area (Å²) in [5.41, 5.74) is 5.78. The second-order valence-corrected chi connectivity index (χ2v) is 3.85. The Kier molecular flexibility index (Phi) is 1.29. The van der Waals surface area contributed by atoms with E-state index in [-0.39, 0.29) is 11.5 Å². The predicted molar refractivity (Wildman–Crippen MR) is 39.5 cm³/mol. The highest BCUT2D eigenvalue weighted by Crippen LogP contribution is 2.53. The summed E-state index contributed by atoms with van der Waals surface area (Å²) in [5, 5.41) is 9.70. The van der Waals surface area contributed by atoms with Crippen LogP contribution in [0.2, 0.25) is 0 Å². The van der Waals surface area contributed by atoms with E-state index in [1.54, 1.807) is 0 Å². The van der Waals surface area contributed by atoms with Gasteiger partial charge in [0.15, 0.2) is 0 Å². The minimum atomic E-state index is -0.0718. The van der Waals surface area contributed by atoms with Gasteiger partial charge in [0.1, 0.15) is 0 Å². The minimum Gasteiger partial charge on any atom is -0.392 e. The average Bonchev–Trinajstić information content (AvgIpc) is 2.46. The first kappa shape index (κ1) is 6.62. The van der Waals surface area contributed by atoms with Crippen molar-refractivity contribution in [3.8, 4) is 0 Å². The van der Waals surface area contributed by atoms with Crippen molar-refractivity contribution in [3.63, 3.8) is 0 Å². The van der Waals surface area contributed by atoms with Crippen molar-refractivity contribution in [2.75, 3.05) is 6.54 Å². The lowest BCUT2D eigenvalue weighted by Crippen LogP contribution is -2.34. The van der Waals surface area contributed by atoms with Gasteiger partial charge in [-0.3, -0.25) is 0 Å². The number of hydrogen-bond donors (Lipinski definition) is 2. The third kappa shape index (κ3) is 0.611. The summed E-state index contributed by atoms with van der Waals surface area (Å²) in [6.45, 7) is 0.685. The molecule has 2 saturated carbocycles. The summed E-state index contributed by atoms with van der Waals surface area (Å²) in [4.78, 5) is 0. The van der Waals surface area contributed by atoms with Crippen LogP contribution in [0.25, 0.3) is 0 Å². The highest BCUT2D eigenvalue weighted by atomic mass is 16.3. The maximum atomic E-state index is 9.70. The fraction of sp³-hybridized carbons (Fsp3) is 1.00. The second-order valence-electron chi connectivity index (χ2n) is 3.85. The summed E-state index contributed by atoms with van der Waals surface area (Å²) in [7, 11) is 0. The zero-order chi connectivity index (χ0) is 7.19. The SMILES string of the molecule is NCC12CCC(CC1)C2O. The van der Waals surface area contributed by atoms with E-state index in [0.717, 1.165) is 12.8 Å². The largest absolute Gasteiger partial charge is 0.392 e. The quantitative estimate of drug-likeness (QED) is 0.558. The Labute approximate surface area is 61.4 Å². The first-order chi connectivity index (χ1) is 4.78. The monoisotopic (exact) mass is 141 g/mol. The van der Waals surface area contributed by atoms with Crippen LogP contribution in [0.4, 0.5) is 0 Å². The van der Waals surface area contributed by atoms with Crippen LogP contribution < -0.4 is 5.73 Å². The Hall–Kier alpha value is -0.0800. The van der Waals surface area contributed by atoms with Gasteiger partial charge in [-0.25, -0.2) is 0 Å². The Morgan fingerprint density at radius 2 is 2.00 bits per heavy atom. The van der Waals surface area contributed by atoms with Crippen molar-refractivity contribution in [3.05, 3.63) is 0 Å². The first-order valence-corrected chi connectivity index (χ1v) is 4.17. The third-order valence-corrected chi connectivity index (χ3v) is 3.51. The van der Waals surface area contributed by atoms with Crippen LogP contribution in [0.15, 0.2) is 0 Å². The molecule has 2 aliphatic rings. The molecule has 0 amide bonds. The van der Waals surface area contributed by atoms with Crippen molar-refractivity contribution < 1.29 is 5.11 Å². The average molecular weight is 141 g/mol. The molecule has 2 aliphatic carbocycles. The molecule has 2 bridgehead atoms. The number of fused-ring (bicyclic) bond motifs is 2. The molecule has 0 aliphatic heterocycles. The number of aliphatic hydroxyl groups excluding tert-OH is 1. The number of aliphatic hydroxyl groups is 1. The highest BCUT2D eigenvalue weighted by Gasteiger charge is 2.51. The molecular weight excluding hydrogens is 126 g/mol. The van der Waals surface area contributed by atoms with Gasteiger partial charge in [0.25, 0.3) is 0 Å². The lowest BCUT2D eigenvalue weighted by Gasteiger charge is -2.26. The standard InChI is InChI=1S/C8H15NO/c9-5-8-3-1-6(2-4-8)7(8)10/h6-7,10H,1-5,9H2. The van der Waals surface area contributed by atoms with Gasteiger partial charge in [0.2, 0.25) is 0 Å². The number of hydrogen-bond acceptors (Lipinski definition) is 2. The third-order valence-electron chi connectivity index (χ3n) is 3.51. The van der Waals surface area contributed by atoms with E-state index in [1.165, 1.54) is 12.8 Å². The molecule has 2 fully saturated rings. The molecule has 0 heterocycles. The predicted octanol–water partition coefficient (Wildman–Crippen LogP) is 0.496. The lowest BCUT2D eigenvalue weighted by molar-refractivity contribution is 0.0685. The Balaban J connectivity index is 2.22. The van der Waals surface area contributed by atoms with E-state index >= 15 is 0 Å². The van der Waals surface area contributed by atoms with Gasteiger partial charge in [0, 0.05) is 12.0 Å². The second kappa shape index (κ2) is 1.95. The van der Waals surface area contributed by atoms with Gasteiger partial charge in [-0.05, 0) is 31.6 Å². The van der Waals surface area contributed by atoms with Crippen molar-refractivity contribution >= 4 is 0 Å². The molecule has 1 unspecified atom stereocenters. The van der Waals surface area contributed by atoms with E-state index in [1.807, 2.05) is 0 Å². The van der Waals surface area contributed by atoms with Crippen LogP contribution in [-0.4, -0.2) is 17.8 Å². The molecule has 58 valence electrons. The molecule has 1 atom stereocenters. The smallest absolute Gasteiger partial charge is 0.0636 e. The summed E-state index contributed by atoms with van der Waals surface area (Å²) >= 11 is 0. The molecular formula is C8H15NO. The van der Waals surface area contributed by atoms with Gasteiger partial charge in [-0.1, -0.05) is 0 Å². The molecule has 0 saturated heterocycles. The molecule has 0 radical (unpaired) electrons. The van der Waals surface area contributed by atoms with Crippen LogP contribution >= 0.6 is 0 Å². The van der Waals surface area contributed by atoms with Crippen molar-refractivity contribution in [1.82, 2.24) is 0 Å². The van der Waals surface area contributed by atoms with Crippen molar-refractivity contribution in [2.24, 2.45) is 17.1 Å². The molecule has 0 aromatic carbocycles. The molecule has 10 heavy (non-hydrogen) atoms. The van der Waals surface area contributed by atoms with Crippen LogP contribution in [0.3, 0.4) is 0 Å². The molecule has 2 heteroatoms. The van der Waals surface area contributed by atoms with Gasteiger partial charge >= 0.3 is 0 Å². The number of nitrogens with two attached hydrogens (primary N) is 1. The van der Waals surface area contributed by atoms with Crippen LogP contribution in [0.5, 0.6) is 0 Å². The fourth-order valence-corrected chi connectivity index (χ4v) is 2.65. The van der Waals surface area contributed by atoms with E-state index in [9.17, 15) is 5.11 Å². The van der Waals surface area contributed by atoms with E-state index < -0.39 is 0 Å². The summed E-state index contributed by atoms with van der Waals surface area (Å²) in [6, 6.07) is 0. The van der Waals surface area contributed by atoms with Gasteiger partial charge in [0.05, 0.1) is 6.10 Å². The molecule has 0 aromatic heterocycles. The topological polar surface area (TPSA) is 46.2 Å². The van der Waals surface area contributed by atoms with Crippen molar-refractivity contribution in [2.45, 2.75) is 31.8 Å². The van der Waals surface area contributed by atoms with E-state index in [4.69, 9.17) is 5.73 Å². The Morgan fingerprint density at radius 3 is 2.20 bits per heavy atom. The molecule has 2 rings (SSSR count). The van der Waals surface area contributed by atoms with Crippen LogP contribution in [0.1, 0.15) is 25.7 Å². The molecule has 0 spiro atoms. The van der Waals surface area contributed by atoms with Crippen LogP contribution in [0, 0.1) is 11.3 Å². The highest BCUT2D eigenvalue weighted by molar-refractivity contribution is 5.03. The zero-order valence-corrected chi connectivity index (χ0v) is 6.21. The first-order valence-electron chi connectivity index (χ1n) is 4.17. The maximum absolute atomic E-state index is 9.70. The zero-order valence-electron chi connectivity index (χ0n) is 6.21. The van der Waals surface area contributed by atoms with E-state index in [2.05, 4.69) is 0 Å². The summed E-state index contributed by atoms with van der Waals surface area (Å²) in [6.07, 6.45) is 4.67. The normalized spacial score (nSPS) is 52.2. The molecule has 0 aromatic rings. The molecule has 3 N–H and O–H groups in total. The van der Waals surface area contributed by atoms with Gasteiger partial charge in [-0.15, -0.1) is 0 Å². The molecule has 2 nitrogen and oxygen atoms in total. The Bertz CT molecular complexity index is 138. The summed E-state index contributed by atoms with van der Waals surface area (Å²) < 4.78 is 0. The maximum Gasteiger partial charge on any atom is 0.0636 e. The Morgan fingerprint density at radius 1 is 1.40 bits per heavy atom. The van der Waals surface area contributed by atoms with Gasteiger partial charge in [-0.2, -0.15) is 0 Å². The van der Waals surface area contributed by atoms with Crippen LogP contribution in [-0.2, 0) is 0 Å². The minimum absolute atomic E-state index is 0.0718.